The Hall–Kier alpha value is -2.54. The molecule has 0 bridgehead atoms. The first-order chi connectivity index (χ1) is 12.1. The molecule has 13 heteroatoms. The van der Waals surface area contributed by atoms with E-state index in [-0.39, 0.29) is 0 Å². The number of carbonyl (C=O) groups excluding carboxylic acids is 5. The number of amides is 1. The van der Waals surface area contributed by atoms with Crippen molar-refractivity contribution in [1.29, 1.82) is 0 Å². The number of hydrogen-bond acceptors (Lipinski definition) is 10. The Morgan fingerprint density at radius 3 is 1.56 bits per heavy atom. The quantitative estimate of drug-likeness (QED) is 0.117. The van der Waals surface area contributed by atoms with Crippen molar-refractivity contribution in [1.82, 2.24) is 0 Å². The first kappa shape index (κ1) is 24.5. The molecule has 0 aliphatic heterocycles. The van der Waals surface area contributed by atoms with Gasteiger partial charge >= 0.3 is 0 Å². The molecule has 1 amide bonds. The molecule has 0 aromatic carbocycles. The van der Waals surface area contributed by atoms with Crippen LogP contribution in [0.25, 0.3) is 10.4 Å². The molecule has 0 saturated heterocycles. The summed E-state index contributed by atoms with van der Waals surface area (Å²) in [6, 6.07) is 0. The van der Waals surface area contributed by atoms with E-state index >= 15 is 0 Å². The van der Waals surface area contributed by atoms with E-state index in [1.807, 2.05) is 4.91 Å². The smallest absolute Gasteiger partial charge is 0.261 e. The van der Waals surface area contributed by atoms with Gasteiger partial charge in [-0.05, 0) is 38.3 Å². The van der Waals surface area contributed by atoms with Crippen LogP contribution in [0, 0.1) is 0 Å². The van der Waals surface area contributed by atoms with Crippen molar-refractivity contribution in [2.45, 2.75) is 56.7 Å². The third-order valence-electron chi connectivity index (χ3n) is 4.10. The molecule has 5 atom stereocenters. The Bertz CT molecular complexity index is 743. The minimum atomic E-state index is -4.20. The van der Waals surface area contributed by atoms with Crippen LogP contribution in [0.5, 0.6) is 0 Å². The van der Waals surface area contributed by atoms with Gasteiger partial charge in [-0.3, -0.25) is 24.0 Å². The number of Topliss-reactive ketones (excluding diaryl/α,β-unsaturated/α-hetero) is 4. The molecule has 0 saturated carbocycles. The van der Waals surface area contributed by atoms with Gasteiger partial charge in [-0.15, -0.1) is 0 Å². The summed E-state index contributed by atoms with van der Waals surface area (Å²) in [5, 5.41) is 53.3. The van der Waals surface area contributed by atoms with Crippen LogP contribution in [-0.4, -0.2) is 83.6 Å². The predicted molar refractivity (Wildman–Crippen MR) is 83.7 cm³/mol. The number of rotatable bonds is 9. The molecule has 0 spiro atoms. The minimum absolute atomic E-state index is 0.410. The number of ketones is 4. The Labute approximate surface area is 151 Å². The Morgan fingerprint density at radius 1 is 0.889 bits per heavy atom. The standard InChI is InChI=1S/C14H19N3O10/c1-5(18)9(22)10(23)12(25,6(2)19)14(27,8(4)21)13(26,7(3)20)11(24)16-17-15/h5,9,18,22,25-27H,1-4H3/t5?,9?,12-,13-,14-/m0/s1. The summed E-state index contributed by atoms with van der Waals surface area (Å²) in [6.07, 6.45) is -4.51. The Kier molecular flexibility index (Phi) is 7.25. The van der Waals surface area contributed by atoms with Gasteiger partial charge in [0.1, 0.15) is 6.10 Å². The molecule has 2 unspecified atom stereocenters. The molecule has 27 heavy (non-hydrogen) atoms. The summed E-state index contributed by atoms with van der Waals surface area (Å²) >= 11 is 0. The predicted octanol–water partition coefficient (Wildman–Crippen LogP) is -2.91. The summed E-state index contributed by atoms with van der Waals surface area (Å²) in [6.45, 7) is 2.14. The molecule has 0 fully saturated rings. The number of aliphatic hydroxyl groups excluding tert-OH is 2. The second-order valence-electron chi connectivity index (χ2n) is 5.84. The second-order valence-corrected chi connectivity index (χ2v) is 5.84. The third-order valence-corrected chi connectivity index (χ3v) is 4.10. The van der Waals surface area contributed by atoms with Gasteiger partial charge in [0, 0.05) is 4.91 Å². The molecule has 5 N–H and O–H groups in total. The average molecular weight is 389 g/mol. The van der Waals surface area contributed by atoms with Crippen LogP contribution in [0.15, 0.2) is 5.11 Å². The molecule has 0 radical (unpaired) electrons. The van der Waals surface area contributed by atoms with Crippen LogP contribution >= 0.6 is 0 Å². The number of hydrogen-bond donors (Lipinski definition) is 5. The van der Waals surface area contributed by atoms with E-state index in [1.165, 1.54) is 0 Å². The monoisotopic (exact) mass is 389 g/mol. The SMILES string of the molecule is CC(=O)[C@](O)(C(=O)N=[N+]=[N-])[C@](O)(C(C)=O)[C@](O)(C(C)=O)C(=O)C(O)C(C)O. The molecule has 0 rings (SSSR count). The van der Waals surface area contributed by atoms with Gasteiger partial charge in [0.05, 0.1) is 6.10 Å². The molecule has 0 heterocycles. The van der Waals surface area contributed by atoms with Gasteiger partial charge in [-0.1, -0.05) is 0 Å². The van der Waals surface area contributed by atoms with E-state index in [9.17, 15) is 49.5 Å². The van der Waals surface area contributed by atoms with Gasteiger partial charge in [0.25, 0.3) is 5.91 Å². The zero-order valence-corrected chi connectivity index (χ0v) is 14.8. The third kappa shape index (κ3) is 3.39. The van der Waals surface area contributed by atoms with Crippen molar-refractivity contribution in [3.8, 4) is 0 Å². The molecule has 0 aromatic heterocycles. The summed E-state index contributed by atoms with van der Waals surface area (Å²) in [5.74, 6) is -9.65. The molecule has 13 nitrogen and oxygen atoms in total. The highest BCUT2D eigenvalue weighted by molar-refractivity contribution is 6.23. The maximum atomic E-state index is 12.4. The van der Waals surface area contributed by atoms with E-state index in [0.717, 1.165) is 6.92 Å². The number of carbonyl (C=O) groups is 5. The van der Waals surface area contributed by atoms with Crippen molar-refractivity contribution in [3.63, 3.8) is 0 Å². The van der Waals surface area contributed by atoms with Crippen LogP contribution in [0.1, 0.15) is 27.7 Å². The van der Waals surface area contributed by atoms with Crippen molar-refractivity contribution in [3.05, 3.63) is 10.4 Å². The fourth-order valence-corrected chi connectivity index (χ4v) is 2.48. The number of azide groups is 1. The summed E-state index contributed by atoms with van der Waals surface area (Å²) in [5.41, 5.74) is -3.99. The van der Waals surface area contributed by atoms with Crippen LogP contribution in [0.2, 0.25) is 0 Å². The van der Waals surface area contributed by atoms with Crippen LogP contribution in [0.3, 0.4) is 0 Å². The topological polar surface area (TPSA) is 235 Å². The zero-order valence-electron chi connectivity index (χ0n) is 14.8. The van der Waals surface area contributed by atoms with E-state index < -0.39 is 58.1 Å². The highest BCUT2D eigenvalue weighted by Gasteiger charge is 2.75. The lowest BCUT2D eigenvalue weighted by Gasteiger charge is -2.46. The second kappa shape index (κ2) is 8.00. The van der Waals surface area contributed by atoms with Gasteiger partial charge < -0.3 is 25.5 Å². The van der Waals surface area contributed by atoms with Crippen molar-refractivity contribution in [2.24, 2.45) is 5.11 Å². The molecular weight excluding hydrogens is 370 g/mol. The Balaban J connectivity index is 7.28. The van der Waals surface area contributed by atoms with Gasteiger partial charge in [-0.25, -0.2) is 0 Å². The van der Waals surface area contributed by atoms with Gasteiger partial charge in [-0.2, -0.15) is 0 Å². The molecule has 0 aromatic rings. The van der Waals surface area contributed by atoms with E-state index in [4.69, 9.17) is 5.53 Å². The summed E-state index contributed by atoms with van der Waals surface area (Å²) in [4.78, 5) is 62.5. The lowest BCUT2D eigenvalue weighted by molar-refractivity contribution is -0.226. The van der Waals surface area contributed by atoms with E-state index in [0.29, 0.717) is 20.8 Å². The maximum absolute atomic E-state index is 12.4. The number of nitrogens with zero attached hydrogens (tertiary/aromatic N) is 3. The normalized spacial score (nSPS) is 19.9. The van der Waals surface area contributed by atoms with Gasteiger partial charge in [0.2, 0.25) is 22.6 Å². The summed E-state index contributed by atoms with van der Waals surface area (Å²) < 4.78 is 0. The zero-order chi connectivity index (χ0) is 22.0. The van der Waals surface area contributed by atoms with E-state index in [2.05, 4.69) is 5.11 Å². The fourth-order valence-electron chi connectivity index (χ4n) is 2.48. The van der Waals surface area contributed by atoms with Gasteiger partial charge in [0.15, 0.2) is 17.3 Å². The lowest BCUT2D eigenvalue weighted by atomic mass is 9.62. The van der Waals surface area contributed by atoms with Crippen molar-refractivity contribution < 1.29 is 49.5 Å². The Morgan fingerprint density at radius 2 is 1.30 bits per heavy atom. The van der Waals surface area contributed by atoms with Crippen molar-refractivity contribution in [2.75, 3.05) is 0 Å². The van der Waals surface area contributed by atoms with E-state index in [1.54, 1.807) is 0 Å². The molecular formula is C14H19N3O10. The van der Waals surface area contributed by atoms with Crippen LogP contribution in [-0.2, 0) is 24.0 Å². The minimum Gasteiger partial charge on any atom is -0.390 e. The summed E-state index contributed by atoms with van der Waals surface area (Å²) in [7, 11) is 0. The first-order valence-corrected chi connectivity index (χ1v) is 7.28. The molecule has 0 aliphatic rings. The van der Waals surface area contributed by atoms with Crippen LogP contribution < -0.4 is 0 Å². The fraction of sp³-hybridized carbons (Fsp3) is 0.643. The van der Waals surface area contributed by atoms with Crippen LogP contribution in [0.4, 0.5) is 0 Å². The molecule has 0 aliphatic carbocycles. The number of aliphatic hydroxyl groups is 5. The highest BCUT2D eigenvalue weighted by atomic mass is 16.4. The molecule has 150 valence electrons. The largest absolute Gasteiger partial charge is 0.390 e. The average Bonchev–Trinajstić information content (AvgIpc) is 2.57. The highest BCUT2D eigenvalue weighted by Crippen LogP contribution is 2.39. The maximum Gasteiger partial charge on any atom is 0.261 e. The van der Waals surface area contributed by atoms with Crippen molar-refractivity contribution >= 4 is 29.0 Å². The first-order valence-electron chi connectivity index (χ1n) is 7.28. The lowest BCUT2D eigenvalue weighted by Crippen LogP contribution is -2.81.